The van der Waals surface area contributed by atoms with Crippen molar-refractivity contribution in [1.29, 1.82) is 0 Å². The highest BCUT2D eigenvalue weighted by Gasteiger charge is 2.24. The van der Waals surface area contributed by atoms with Crippen molar-refractivity contribution in [3.63, 3.8) is 0 Å². The second kappa shape index (κ2) is 9.16. The average molecular weight is 502 g/mol. The zero-order valence-electron chi connectivity index (χ0n) is 20.5. The Balaban J connectivity index is 1.43. The lowest BCUT2D eigenvalue weighted by atomic mass is 9.92. The second-order valence-corrected chi connectivity index (χ2v) is 9.84. The van der Waals surface area contributed by atoms with Crippen molar-refractivity contribution < 1.29 is 18.4 Å². The standard InChI is InChI=1S/C28H25F2N5O2/c1-28(2,3)24-14-25(35(34-24)18-10-8-17(29)9-11-18)33-27(37)32-23-13-16(7-12-22(23)30)19-5-4-6-20-21(19)15-31-26(20)36/h4-14H,15H2,1-3H3,(H,31,36)(H2,32,33,37). The Labute approximate surface area is 212 Å². The molecule has 7 nitrogen and oxygen atoms in total. The predicted molar refractivity (Wildman–Crippen MR) is 138 cm³/mol. The molecule has 2 heterocycles. The molecule has 0 bridgehead atoms. The summed E-state index contributed by atoms with van der Waals surface area (Å²) < 4.78 is 29.7. The van der Waals surface area contributed by atoms with Gasteiger partial charge in [0.05, 0.1) is 17.1 Å². The Morgan fingerprint density at radius 3 is 2.43 bits per heavy atom. The van der Waals surface area contributed by atoms with Crippen LogP contribution in [0, 0.1) is 11.6 Å². The van der Waals surface area contributed by atoms with Crippen molar-refractivity contribution in [3.8, 4) is 16.8 Å². The first-order valence-electron chi connectivity index (χ1n) is 11.7. The fourth-order valence-corrected chi connectivity index (χ4v) is 4.20. The van der Waals surface area contributed by atoms with E-state index in [9.17, 15) is 18.4 Å². The van der Waals surface area contributed by atoms with E-state index >= 15 is 0 Å². The van der Waals surface area contributed by atoms with E-state index in [2.05, 4.69) is 21.0 Å². The molecule has 9 heteroatoms. The number of hydrogen-bond acceptors (Lipinski definition) is 3. The van der Waals surface area contributed by atoms with Gasteiger partial charge in [-0.1, -0.05) is 39.0 Å². The van der Waals surface area contributed by atoms with E-state index in [0.717, 1.165) is 11.1 Å². The van der Waals surface area contributed by atoms with Gasteiger partial charge in [0.15, 0.2) is 0 Å². The van der Waals surface area contributed by atoms with Gasteiger partial charge in [0, 0.05) is 23.6 Å². The minimum atomic E-state index is -0.671. The van der Waals surface area contributed by atoms with E-state index < -0.39 is 17.7 Å². The third-order valence-corrected chi connectivity index (χ3v) is 6.16. The van der Waals surface area contributed by atoms with Gasteiger partial charge < -0.3 is 10.6 Å². The summed E-state index contributed by atoms with van der Waals surface area (Å²) in [5.74, 6) is -0.804. The van der Waals surface area contributed by atoms with Gasteiger partial charge in [0.25, 0.3) is 5.91 Å². The van der Waals surface area contributed by atoms with Crippen LogP contribution in [0.25, 0.3) is 16.8 Å². The molecule has 3 amide bonds. The number of halogens is 2. The Bertz CT molecular complexity index is 1520. The highest BCUT2D eigenvalue weighted by Crippen LogP contribution is 2.32. The number of amides is 3. The summed E-state index contributed by atoms with van der Waals surface area (Å²) in [6.07, 6.45) is 0. The maximum absolute atomic E-state index is 14.7. The van der Waals surface area contributed by atoms with Gasteiger partial charge in [-0.05, 0) is 59.2 Å². The van der Waals surface area contributed by atoms with Gasteiger partial charge in [-0.2, -0.15) is 5.10 Å². The summed E-state index contributed by atoms with van der Waals surface area (Å²) in [6.45, 7) is 6.34. The molecule has 0 atom stereocenters. The molecule has 188 valence electrons. The van der Waals surface area contributed by atoms with Crippen LogP contribution >= 0.6 is 0 Å². The van der Waals surface area contributed by atoms with Gasteiger partial charge in [-0.3, -0.25) is 10.1 Å². The molecule has 0 fully saturated rings. The number of carbonyl (C=O) groups is 2. The lowest BCUT2D eigenvalue weighted by molar-refractivity contribution is 0.0965. The van der Waals surface area contributed by atoms with Crippen molar-refractivity contribution >= 4 is 23.4 Å². The smallest absolute Gasteiger partial charge is 0.324 e. The SMILES string of the molecule is CC(C)(C)c1cc(NC(=O)Nc2cc(-c3cccc4c3CNC4=O)ccc2F)n(-c2ccc(F)cc2)n1. The molecule has 3 N–H and O–H groups in total. The average Bonchev–Trinajstić information content (AvgIpc) is 3.45. The third kappa shape index (κ3) is 4.80. The molecular weight excluding hydrogens is 476 g/mol. The maximum Gasteiger partial charge on any atom is 0.324 e. The molecule has 1 aliphatic rings. The summed E-state index contributed by atoms with van der Waals surface area (Å²) in [5.41, 5.74) is 3.78. The number of fused-ring (bicyclic) bond motifs is 1. The fourth-order valence-electron chi connectivity index (χ4n) is 4.20. The molecule has 0 saturated heterocycles. The topological polar surface area (TPSA) is 88.0 Å². The first kappa shape index (κ1) is 24.2. The van der Waals surface area contributed by atoms with Gasteiger partial charge in [0.1, 0.15) is 17.5 Å². The number of urea groups is 1. The first-order valence-corrected chi connectivity index (χ1v) is 11.7. The van der Waals surface area contributed by atoms with Crippen molar-refractivity contribution in [1.82, 2.24) is 15.1 Å². The van der Waals surface area contributed by atoms with Crippen LogP contribution in [0.3, 0.4) is 0 Å². The van der Waals surface area contributed by atoms with Crippen LogP contribution < -0.4 is 16.0 Å². The van der Waals surface area contributed by atoms with Crippen molar-refractivity contribution in [3.05, 3.63) is 95.2 Å². The monoisotopic (exact) mass is 501 g/mol. The number of hydrogen-bond donors (Lipinski definition) is 3. The largest absolute Gasteiger partial charge is 0.348 e. The van der Waals surface area contributed by atoms with Crippen LogP contribution in [0.5, 0.6) is 0 Å². The molecule has 4 aromatic rings. The first-order chi connectivity index (χ1) is 17.6. The highest BCUT2D eigenvalue weighted by atomic mass is 19.1. The Morgan fingerprint density at radius 2 is 1.70 bits per heavy atom. The van der Waals surface area contributed by atoms with Crippen LogP contribution in [0.4, 0.5) is 25.1 Å². The van der Waals surface area contributed by atoms with E-state index in [-0.39, 0.29) is 17.0 Å². The van der Waals surface area contributed by atoms with Crippen LogP contribution in [-0.2, 0) is 12.0 Å². The predicted octanol–water partition coefficient (Wildman–Crippen LogP) is 6.00. The van der Waals surface area contributed by atoms with Crippen LogP contribution in [0.15, 0.2) is 66.7 Å². The Hall–Kier alpha value is -4.53. The number of aromatic nitrogens is 2. The molecular formula is C28H25F2N5O2. The fraction of sp³-hybridized carbons (Fsp3) is 0.179. The molecule has 37 heavy (non-hydrogen) atoms. The summed E-state index contributed by atoms with van der Waals surface area (Å²) in [4.78, 5) is 25.0. The molecule has 0 saturated carbocycles. The minimum Gasteiger partial charge on any atom is -0.348 e. The second-order valence-electron chi connectivity index (χ2n) is 9.84. The number of nitrogens with zero attached hydrogens (tertiary/aromatic N) is 2. The van der Waals surface area contributed by atoms with E-state index in [4.69, 9.17) is 0 Å². The number of nitrogens with one attached hydrogen (secondary N) is 3. The quantitative estimate of drug-likeness (QED) is 0.320. The summed E-state index contributed by atoms with van der Waals surface area (Å²) in [6, 6.07) is 16.6. The van der Waals surface area contributed by atoms with Crippen LogP contribution in [0.2, 0.25) is 0 Å². The van der Waals surface area contributed by atoms with Gasteiger partial charge in [-0.25, -0.2) is 18.3 Å². The summed E-state index contributed by atoms with van der Waals surface area (Å²) in [5, 5.41) is 12.7. The summed E-state index contributed by atoms with van der Waals surface area (Å²) >= 11 is 0. The molecule has 5 rings (SSSR count). The van der Waals surface area contributed by atoms with E-state index in [1.165, 1.54) is 28.9 Å². The van der Waals surface area contributed by atoms with Crippen molar-refractivity contribution in [2.45, 2.75) is 32.7 Å². The van der Waals surface area contributed by atoms with E-state index in [0.29, 0.717) is 34.9 Å². The zero-order chi connectivity index (χ0) is 26.3. The van der Waals surface area contributed by atoms with Crippen LogP contribution in [0.1, 0.15) is 42.4 Å². The molecule has 0 unspecified atom stereocenters. The van der Waals surface area contributed by atoms with Gasteiger partial charge in [-0.15, -0.1) is 0 Å². The summed E-state index contributed by atoms with van der Waals surface area (Å²) in [7, 11) is 0. The maximum atomic E-state index is 14.7. The van der Waals surface area contributed by atoms with Crippen LogP contribution in [-0.4, -0.2) is 21.7 Å². The lowest BCUT2D eigenvalue weighted by Crippen LogP contribution is -2.22. The molecule has 0 spiro atoms. The normalized spacial score (nSPS) is 12.7. The van der Waals surface area contributed by atoms with Gasteiger partial charge in [0.2, 0.25) is 0 Å². The molecule has 1 aromatic heterocycles. The Morgan fingerprint density at radius 1 is 0.973 bits per heavy atom. The minimum absolute atomic E-state index is 0.0196. The van der Waals surface area contributed by atoms with E-state index in [1.54, 1.807) is 36.4 Å². The van der Waals surface area contributed by atoms with Gasteiger partial charge >= 0.3 is 6.03 Å². The number of benzene rings is 3. The number of rotatable bonds is 4. The van der Waals surface area contributed by atoms with Crippen molar-refractivity contribution in [2.24, 2.45) is 0 Å². The lowest BCUT2D eigenvalue weighted by Gasteiger charge is -2.14. The Kier molecular flexibility index (Phi) is 5.99. The molecule has 3 aromatic carbocycles. The molecule has 0 aliphatic carbocycles. The van der Waals surface area contributed by atoms with Crippen molar-refractivity contribution in [2.75, 3.05) is 10.6 Å². The number of carbonyl (C=O) groups excluding carboxylic acids is 2. The van der Waals surface area contributed by atoms with E-state index in [1.807, 2.05) is 26.8 Å². The zero-order valence-corrected chi connectivity index (χ0v) is 20.5. The number of anilines is 2. The molecule has 0 radical (unpaired) electrons. The third-order valence-electron chi connectivity index (χ3n) is 6.16. The molecule has 1 aliphatic heterocycles. The highest BCUT2D eigenvalue weighted by molar-refractivity contribution is 6.01.